The molecule has 2 heterocycles. The number of primary amides is 1. The first-order valence-electron chi connectivity index (χ1n) is 11.7. The Kier molecular flexibility index (Phi) is 6.45. The molecule has 0 spiro atoms. The number of amides is 1. The van der Waals surface area contributed by atoms with E-state index in [0.29, 0.717) is 55.6 Å². The number of aromatic nitrogens is 4. The van der Waals surface area contributed by atoms with Crippen molar-refractivity contribution in [3.05, 3.63) is 35.0 Å². The Bertz CT molecular complexity index is 1260. The van der Waals surface area contributed by atoms with Crippen molar-refractivity contribution in [3.8, 4) is 0 Å². The summed E-state index contributed by atoms with van der Waals surface area (Å²) >= 11 is 5.88. The minimum absolute atomic E-state index is 0.0528. The van der Waals surface area contributed by atoms with E-state index < -0.39 is 17.3 Å². The van der Waals surface area contributed by atoms with Gasteiger partial charge in [0.25, 0.3) is 0 Å². The molecule has 2 aliphatic rings. The third kappa shape index (κ3) is 4.74. The SMILES string of the molecule is NC(=O)[C@H]1CC[C@H](n2c(Nc3c(F)ccc(Cl)c3F)nc3cnc(N[C@@H]4CC[C@@H](O)C4)nc32)CC1. The number of carbonyl (C=O) groups is 1. The summed E-state index contributed by atoms with van der Waals surface area (Å²) in [4.78, 5) is 25.2. The summed E-state index contributed by atoms with van der Waals surface area (Å²) < 4.78 is 31.0. The molecular formula is C23H26ClF2N7O2. The van der Waals surface area contributed by atoms with E-state index >= 15 is 0 Å². The largest absolute Gasteiger partial charge is 0.393 e. The van der Waals surface area contributed by atoms with E-state index in [2.05, 4.69) is 25.6 Å². The zero-order valence-electron chi connectivity index (χ0n) is 18.8. The van der Waals surface area contributed by atoms with Gasteiger partial charge < -0.3 is 21.5 Å². The molecule has 0 aliphatic heterocycles. The van der Waals surface area contributed by atoms with Crippen LogP contribution in [0.5, 0.6) is 0 Å². The van der Waals surface area contributed by atoms with Gasteiger partial charge in [-0.15, -0.1) is 0 Å². The normalized spacial score (nSPS) is 24.6. The van der Waals surface area contributed by atoms with Crippen molar-refractivity contribution >= 4 is 46.3 Å². The van der Waals surface area contributed by atoms with Crippen LogP contribution >= 0.6 is 11.6 Å². The van der Waals surface area contributed by atoms with E-state index in [1.54, 1.807) is 6.20 Å². The topological polar surface area (TPSA) is 131 Å². The third-order valence-corrected chi connectivity index (χ3v) is 7.21. The molecular weight excluding hydrogens is 480 g/mol. The number of fused-ring (bicyclic) bond motifs is 1. The fourth-order valence-electron chi connectivity index (χ4n) is 5.04. The van der Waals surface area contributed by atoms with Crippen LogP contribution in [0.15, 0.2) is 18.3 Å². The first-order valence-corrected chi connectivity index (χ1v) is 12.1. The average molecular weight is 506 g/mol. The molecule has 2 fully saturated rings. The lowest BCUT2D eigenvalue weighted by Crippen LogP contribution is -2.29. The van der Waals surface area contributed by atoms with Crippen molar-refractivity contribution in [2.45, 2.75) is 63.1 Å². The molecule has 3 aromatic rings. The predicted molar refractivity (Wildman–Crippen MR) is 127 cm³/mol. The van der Waals surface area contributed by atoms with Gasteiger partial charge >= 0.3 is 0 Å². The highest BCUT2D eigenvalue weighted by atomic mass is 35.5. The second kappa shape index (κ2) is 9.54. The van der Waals surface area contributed by atoms with Crippen LogP contribution in [-0.4, -0.2) is 42.7 Å². The number of nitrogens with zero attached hydrogens (tertiary/aromatic N) is 4. The highest BCUT2D eigenvalue weighted by Crippen LogP contribution is 2.38. The number of hydrogen-bond donors (Lipinski definition) is 4. The number of imidazole rings is 1. The van der Waals surface area contributed by atoms with Gasteiger partial charge in [-0.3, -0.25) is 9.36 Å². The molecule has 9 nitrogen and oxygen atoms in total. The quantitative estimate of drug-likeness (QED) is 0.372. The Morgan fingerprint density at radius 1 is 1.14 bits per heavy atom. The zero-order chi connectivity index (χ0) is 24.7. The molecule has 0 saturated heterocycles. The number of benzene rings is 1. The van der Waals surface area contributed by atoms with E-state index in [0.717, 1.165) is 18.6 Å². The molecule has 0 unspecified atom stereocenters. The Morgan fingerprint density at radius 3 is 2.60 bits per heavy atom. The predicted octanol–water partition coefficient (Wildman–Crippen LogP) is 4.04. The molecule has 12 heteroatoms. The number of halogens is 3. The van der Waals surface area contributed by atoms with Gasteiger partial charge in [0.1, 0.15) is 17.0 Å². The van der Waals surface area contributed by atoms with Crippen LogP contribution in [0.2, 0.25) is 5.02 Å². The van der Waals surface area contributed by atoms with Crippen molar-refractivity contribution < 1.29 is 18.7 Å². The van der Waals surface area contributed by atoms with E-state index in [9.17, 15) is 18.7 Å². The minimum Gasteiger partial charge on any atom is -0.393 e. The van der Waals surface area contributed by atoms with Crippen LogP contribution in [-0.2, 0) is 4.79 Å². The van der Waals surface area contributed by atoms with Crippen LogP contribution in [0.3, 0.4) is 0 Å². The molecule has 186 valence electrons. The molecule has 1 amide bonds. The van der Waals surface area contributed by atoms with Crippen LogP contribution in [0, 0.1) is 17.6 Å². The fourth-order valence-corrected chi connectivity index (χ4v) is 5.20. The number of carbonyl (C=O) groups excluding carboxylic acids is 1. The smallest absolute Gasteiger partial charge is 0.224 e. The summed E-state index contributed by atoms with van der Waals surface area (Å²) in [5, 5.41) is 15.6. The highest BCUT2D eigenvalue weighted by molar-refractivity contribution is 6.31. The van der Waals surface area contributed by atoms with Gasteiger partial charge in [0.15, 0.2) is 11.5 Å². The lowest BCUT2D eigenvalue weighted by Gasteiger charge is -2.29. The summed E-state index contributed by atoms with van der Waals surface area (Å²) in [5.41, 5.74) is 6.03. The lowest BCUT2D eigenvalue weighted by molar-refractivity contribution is -0.122. The minimum atomic E-state index is -0.920. The number of nitrogens with one attached hydrogen (secondary N) is 2. The van der Waals surface area contributed by atoms with Crippen LogP contribution in [0.25, 0.3) is 11.2 Å². The second-order valence-corrected chi connectivity index (χ2v) is 9.67. The maximum absolute atomic E-state index is 14.7. The number of hydrogen-bond acceptors (Lipinski definition) is 7. The van der Waals surface area contributed by atoms with Crippen molar-refractivity contribution in [2.24, 2.45) is 11.7 Å². The summed E-state index contributed by atoms with van der Waals surface area (Å²) in [7, 11) is 0. The standard InChI is InChI=1S/C23H26ClF2N7O2/c24-15-7-8-16(25)19(18(15)26)31-23-30-17-10-28-22(29-12-3-6-14(34)9-12)32-21(17)33(23)13-4-1-11(2-5-13)20(27)35/h7-8,10-14,34H,1-6,9H2,(H2,27,35)(H,30,31)(H,28,29,32)/t11-,12-,13-,14-/m1/s1. The summed E-state index contributed by atoms with van der Waals surface area (Å²) in [6.07, 6.45) is 5.76. The van der Waals surface area contributed by atoms with Gasteiger partial charge in [0.2, 0.25) is 17.8 Å². The van der Waals surface area contributed by atoms with Crippen molar-refractivity contribution in [1.29, 1.82) is 0 Å². The van der Waals surface area contributed by atoms with Gasteiger partial charge in [0, 0.05) is 18.0 Å². The van der Waals surface area contributed by atoms with Gasteiger partial charge in [0.05, 0.1) is 17.3 Å². The molecule has 0 radical (unpaired) electrons. The van der Waals surface area contributed by atoms with Gasteiger partial charge in [-0.1, -0.05) is 11.6 Å². The zero-order valence-corrected chi connectivity index (χ0v) is 19.6. The van der Waals surface area contributed by atoms with E-state index in [1.165, 1.54) is 0 Å². The van der Waals surface area contributed by atoms with E-state index in [1.807, 2.05) is 4.57 Å². The Labute approximate surface area is 205 Å². The lowest BCUT2D eigenvalue weighted by atomic mass is 9.85. The number of rotatable bonds is 6. The molecule has 2 saturated carbocycles. The average Bonchev–Trinajstić information content (AvgIpc) is 3.41. The highest BCUT2D eigenvalue weighted by Gasteiger charge is 2.30. The molecule has 1 aromatic carbocycles. The Hall–Kier alpha value is -3.05. The number of aliphatic hydroxyl groups excluding tert-OH is 1. The first kappa shape index (κ1) is 23.7. The summed E-state index contributed by atoms with van der Waals surface area (Å²) in [5.74, 6) is -1.68. The molecule has 2 aliphatic carbocycles. The molecule has 2 atom stereocenters. The molecule has 0 bridgehead atoms. The maximum Gasteiger partial charge on any atom is 0.224 e. The molecule has 35 heavy (non-hydrogen) atoms. The van der Waals surface area contributed by atoms with Gasteiger partial charge in [-0.2, -0.15) is 4.98 Å². The van der Waals surface area contributed by atoms with Crippen LogP contribution < -0.4 is 16.4 Å². The van der Waals surface area contributed by atoms with Crippen LogP contribution in [0.1, 0.15) is 51.0 Å². The van der Waals surface area contributed by atoms with E-state index in [4.69, 9.17) is 17.3 Å². The van der Waals surface area contributed by atoms with Crippen molar-refractivity contribution in [2.75, 3.05) is 10.6 Å². The summed E-state index contributed by atoms with van der Waals surface area (Å²) in [6.45, 7) is 0. The molecule has 5 rings (SSSR count). The van der Waals surface area contributed by atoms with Crippen molar-refractivity contribution in [1.82, 2.24) is 19.5 Å². The fraction of sp³-hybridized carbons (Fsp3) is 0.478. The number of anilines is 3. The van der Waals surface area contributed by atoms with E-state index in [-0.39, 0.29) is 41.0 Å². The summed E-state index contributed by atoms with van der Waals surface area (Å²) in [6, 6.07) is 2.16. The van der Waals surface area contributed by atoms with Gasteiger partial charge in [-0.05, 0) is 57.1 Å². The Morgan fingerprint density at radius 2 is 1.91 bits per heavy atom. The van der Waals surface area contributed by atoms with Gasteiger partial charge in [-0.25, -0.2) is 18.7 Å². The second-order valence-electron chi connectivity index (χ2n) is 9.27. The maximum atomic E-state index is 14.7. The Balaban J connectivity index is 1.53. The van der Waals surface area contributed by atoms with Crippen molar-refractivity contribution in [3.63, 3.8) is 0 Å². The van der Waals surface area contributed by atoms with Crippen LogP contribution in [0.4, 0.5) is 26.4 Å². The molecule has 2 aromatic heterocycles. The monoisotopic (exact) mass is 505 g/mol. The number of nitrogens with two attached hydrogens (primary N) is 1. The number of aliphatic hydroxyl groups is 1. The molecule has 5 N–H and O–H groups in total. The first-order chi connectivity index (χ1) is 16.8. The third-order valence-electron chi connectivity index (χ3n) is 6.92.